The second-order valence-corrected chi connectivity index (χ2v) is 4.44. The molecule has 0 unspecified atom stereocenters. The Morgan fingerprint density at radius 3 is 2.95 bits per heavy atom. The summed E-state index contributed by atoms with van der Waals surface area (Å²) < 4.78 is 3.23. The van der Waals surface area contributed by atoms with Gasteiger partial charge in [-0.05, 0) is 24.3 Å². The molecule has 0 amide bonds. The molecule has 0 saturated heterocycles. The Morgan fingerprint density at radius 2 is 2.25 bits per heavy atom. The minimum atomic E-state index is -0.436. The highest BCUT2D eigenvalue weighted by molar-refractivity contribution is 5.18. The third-order valence-electron chi connectivity index (χ3n) is 3.00. The van der Waals surface area contributed by atoms with Crippen LogP contribution in [0.3, 0.4) is 0 Å². The molecule has 0 spiro atoms. The van der Waals surface area contributed by atoms with Crippen LogP contribution in [0.25, 0.3) is 0 Å². The maximum Gasteiger partial charge on any atom is 0.342 e. The van der Waals surface area contributed by atoms with Gasteiger partial charge < -0.3 is 15.8 Å². The Kier molecular flexibility index (Phi) is 4.41. The number of nitrogens with zero attached hydrogens (tertiary/aromatic N) is 6. The highest BCUT2D eigenvalue weighted by atomic mass is 16.6. The molecule has 0 bridgehead atoms. The number of hydrogen-bond donors (Lipinski definition) is 1. The Labute approximate surface area is 115 Å². The fourth-order valence-corrected chi connectivity index (χ4v) is 1.93. The van der Waals surface area contributed by atoms with Crippen molar-refractivity contribution < 1.29 is 4.92 Å². The van der Waals surface area contributed by atoms with E-state index >= 15 is 0 Å². The van der Waals surface area contributed by atoms with Crippen LogP contribution < -0.4 is 5.73 Å². The quantitative estimate of drug-likeness (QED) is 0.574. The van der Waals surface area contributed by atoms with Gasteiger partial charge in [0.15, 0.2) is 5.82 Å². The van der Waals surface area contributed by atoms with E-state index in [1.807, 2.05) is 6.20 Å². The SMILES string of the molecule is Cc1ncc([N+](=O)[O-])n1CCn1cc(CCCN)nn1. The van der Waals surface area contributed by atoms with Crippen molar-refractivity contribution in [2.45, 2.75) is 32.9 Å². The molecule has 9 nitrogen and oxygen atoms in total. The second-order valence-electron chi connectivity index (χ2n) is 4.44. The summed E-state index contributed by atoms with van der Waals surface area (Å²) >= 11 is 0. The van der Waals surface area contributed by atoms with Gasteiger partial charge in [-0.1, -0.05) is 5.21 Å². The lowest BCUT2D eigenvalue weighted by atomic mass is 10.2. The Morgan fingerprint density at radius 1 is 1.45 bits per heavy atom. The van der Waals surface area contributed by atoms with Crippen molar-refractivity contribution in [3.63, 3.8) is 0 Å². The van der Waals surface area contributed by atoms with Crippen LogP contribution in [0.5, 0.6) is 0 Å². The van der Waals surface area contributed by atoms with E-state index in [1.54, 1.807) is 16.2 Å². The maximum atomic E-state index is 10.9. The zero-order valence-electron chi connectivity index (χ0n) is 11.3. The number of imidazole rings is 1. The highest BCUT2D eigenvalue weighted by Gasteiger charge is 2.17. The third kappa shape index (κ3) is 3.18. The van der Waals surface area contributed by atoms with Crippen LogP contribution >= 0.6 is 0 Å². The molecule has 0 aliphatic carbocycles. The van der Waals surface area contributed by atoms with E-state index in [4.69, 9.17) is 5.73 Å². The molecule has 108 valence electrons. The molecule has 0 atom stereocenters. The lowest BCUT2D eigenvalue weighted by Gasteiger charge is -2.02. The first-order valence-corrected chi connectivity index (χ1v) is 6.37. The van der Waals surface area contributed by atoms with E-state index in [0.717, 1.165) is 18.5 Å². The topological polar surface area (TPSA) is 118 Å². The van der Waals surface area contributed by atoms with Crippen molar-refractivity contribution in [3.05, 3.63) is 34.0 Å². The van der Waals surface area contributed by atoms with Gasteiger partial charge in [0.25, 0.3) is 0 Å². The van der Waals surface area contributed by atoms with Gasteiger partial charge in [0, 0.05) is 13.1 Å². The smallest absolute Gasteiger partial charge is 0.342 e. The van der Waals surface area contributed by atoms with E-state index in [9.17, 15) is 10.1 Å². The van der Waals surface area contributed by atoms with Crippen LogP contribution in [0.15, 0.2) is 12.4 Å². The van der Waals surface area contributed by atoms with Crippen molar-refractivity contribution in [2.24, 2.45) is 5.73 Å². The average Bonchev–Trinajstić information content (AvgIpc) is 3.00. The van der Waals surface area contributed by atoms with Gasteiger partial charge >= 0.3 is 5.82 Å². The zero-order valence-corrected chi connectivity index (χ0v) is 11.3. The Balaban J connectivity index is 2.00. The number of aromatic nitrogens is 5. The van der Waals surface area contributed by atoms with Crippen LogP contribution in [0, 0.1) is 17.0 Å². The van der Waals surface area contributed by atoms with Gasteiger partial charge in [0.1, 0.15) is 12.7 Å². The number of aryl methyl sites for hydroxylation is 3. The van der Waals surface area contributed by atoms with Crippen LogP contribution in [0.1, 0.15) is 17.9 Å². The highest BCUT2D eigenvalue weighted by Crippen LogP contribution is 2.13. The predicted octanol–water partition coefficient (Wildman–Crippen LogP) is 0.283. The summed E-state index contributed by atoms with van der Waals surface area (Å²) in [6, 6.07) is 0. The van der Waals surface area contributed by atoms with Gasteiger partial charge in [-0.15, -0.1) is 5.10 Å². The molecular weight excluding hydrogens is 262 g/mol. The molecule has 2 aromatic heterocycles. The molecule has 0 aliphatic heterocycles. The van der Waals surface area contributed by atoms with Gasteiger partial charge in [0.2, 0.25) is 0 Å². The number of rotatable bonds is 7. The molecule has 2 N–H and O–H groups in total. The van der Waals surface area contributed by atoms with Crippen molar-refractivity contribution in [1.82, 2.24) is 24.5 Å². The van der Waals surface area contributed by atoms with E-state index in [0.29, 0.717) is 25.5 Å². The number of nitrogens with two attached hydrogens (primary N) is 1. The first kappa shape index (κ1) is 14.1. The van der Waals surface area contributed by atoms with Crippen LogP contribution in [-0.2, 0) is 19.5 Å². The fourth-order valence-electron chi connectivity index (χ4n) is 1.93. The molecule has 2 heterocycles. The van der Waals surface area contributed by atoms with Crippen LogP contribution in [0.4, 0.5) is 5.82 Å². The molecule has 9 heteroatoms. The van der Waals surface area contributed by atoms with Crippen LogP contribution in [0.2, 0.25) is 0 Å². The largest absolute Gasteiger partial charge is 0.358 e. The van der Waals surface area contributed by atoms with Gasteiger partial charge in [-0.3, -0.25) is 0 Å². The fraction of sp³-hybridized carbons (Fsp3) is 0.545. The first-order chi connectivity index (χ1) is 9.61. The summed E-state index contributed by atoms with van der Waals surface area (Å²) in [5.41, 5.74) is 6.32. The molecular formula is C11H17N7O2. The molecule has 0 aliphatic rings. The van der Waals surface area contributed by atoms with Crippen molar-refractivity contribution in [2.75, 3.05) is 6.54 Å². The standard InChI is InChI=1S/C11H17N7O2/c1-9-13-7-11(18(19)20)17(9)6-5-16-8-10(14-15-16)3-2-4-12/h7-8H,2-6,12H2,1H3. The number of nitro groups is 1. The van der Waals surface area contributed by atoms with E-state index < -0.39 is 4.92 Å². The minimum Gasteiger partial charge on any atom is -0.358 e. The summed E-state index contributed by atoms with van der Waals surface area (Å²) in [6.45, 7) is 3.30. The van der Waals surface area contributed by atoms with E-state index in [2.05, 4.69) is 15.3 Å². The first-order valence-electron chi connectivity index (χ1n) is 6.37. The second kappa shape index (κ2) is 6.24. The predicted molar refractivity (Wildman–Crippen MR) is 71.0 cm³/mol. The van der Waals surface area contributed by atoms with Crippen molar-refractivity contribution in [1.29, 1.82) is 0 Å². The Bertz CT molecular complexity index is 589. The molecule has 0 radical (unpaired) electrons. The lowest BCUT2D eigenvalue weighted by molar-refractivity contribution is -0.392. The summed E-state index contributed by atoms with van der Waals surface area (Å²) in [6.07, 6.45) is 4.77. The minimum absolute atomic E-state index is 0.00836. The molecule has 0 aromatic carbocycles. The zero-order chi connectivity index (χ0) is 14.5. The molecule has 0 fully saturated rings. The third-order valence-corrected chi connectivity index (χ3v) is 3.00. The molecule has 2 rings (SSSR count). The summed E-state index contributed by atoms with van der Waals surface area (Å²) in [5.74, 6) is 0.603. The van der Waals surface area contributed by atoms with Gasteiger partial charge in [-0.25, -0.2) is 14.2 Å². The summed E-state index contributed by atoms with van der Waals surface area (Å²) in [7, 11) is 0. The maximum absolute atomic E-state index is 10.9. The monoisotopic (exact) mass is 279 g/mol. The molecule has 2 aromatic rings. The molecule has 20 heavy (non-hydrogen) atoms. The number of hydrogen-bond acceptors (Lipinski definition) is 6. The normalized spacial score (nSPS) is 10.9. The average molecular weight is 279 g/mol. The lowest BCUT2D eigenvalue weighted by Crippen LogP contribution is -2.11. The van der Waals surface area contributed by atoms with Gasteiger partial charge in [0.05, 0.1) is 12.2 Å². The Hall–Kier alpha value is -2.29. The van der Waals surface area contributed by atoms with Crippen LogP contribution in [-0.4, -0.2) is 36.0 Å². The van der Waals surface area contributed by atoms with Gasteiger partial charge in [-0.2, -0.15) is 0 Å². The van der Waals surface area contributed by atoms with Crippen molar-refractivity contribution >= 4 is 5.82 Å². The summed E-state index contributed by atoms with van der Waals surface area (Å²) in [5, 5.41) is 18.9. The summed E-state index contributed by atoms with van der Waals surface area (Å²) in [4.78, 5) is 14.4. The molecule has 0 saturated carbocycles. The van der Waals surface area contributed by atoms with E-state index in [-0.39, 0.29) is 5.82 Å². The van der Waals surface area contributed by atoms with E-state index in [1.165, 1.54) is 6.20 Å². The van der Waals surface area contributed by atoms with Crippen molar-refractivity contribution in [3.8, 4) is 0 Å².